The molecule has 4 N–H and O–H groups in total. The number of carboxylic acids is 1. The Kier molecular flexibility index (Phi) is 4.73. The van der Waals surface area contributed by atoms with Crippen molar-refractivity contribution in [1.82, 2.24) is 5.43 Å². The third-order valence-electron chi connectivity index (χ3n) is 2.76. The Bertz CT molecular complexity index is 639. The van der Waals surface area contributed by atoms with Gasteiger partial charge in [-0.1, -0.05) is 17.7 Å². The van der Waals surface area contributed by atoms with Crippen LogP contribution in [0.3, 0.4) is 0 Å². The molecule has 2 aromatic carbocycles. The smallest absolute Gasteiger partial charge is 0.335 e. The maximum atomic E-state index is 10.7. The van der Waals surface area contributed by atoms with Gasteiger partial charge in [0.05, 0.1) is 11.3 Å². The number of hydrogen-bond donors (Lipinski definition) is 4. The third kappa shape index (κ3) is 4.47. The second kappa shape index (κ2) is 6.71. The highest BCUT2D eigenvalue weighted by Crippen LogP contribution is 2.10. The number of aryl methyl sites for hydroxylation is 1. The van der Waals surface area contributed by atoms with Gasteiger partial charge in [-0.3, -0.25) is 10.9 Å². The number of hydrogen-bond acceptors (Lipinski definition) is 3. The standard InChI is InChI=1S/C15H15N3O2S/c1-10-2-6-12(7-3-10)16-15(21)18-17-13-8-4-11(5-9-13)14(19)20/h2-9,17H,1H3,(H,19,20)(H2,16,18,21). The van der Waals surface area contributed by atoms with E-state index >= 15 is 0 Å². The van der Waals surface area contributed by atoms with Gasteiger partial charge in [0.1, 0.15) is 0 Å². The van der Waals surface area contributed by atoms with E-state index in [4.69, 9.17) is 17.3 Å². The van der Waals surface area contributed by atoms with Gasteiger partial charge >= 0.3 is 5.97 Å². The van der Waals surface area contributed by atoms with E-state index < -0.39 is 5.97 Å². The van der Waals surface area contributed by atoms with Gasteiger partial charge in [-0.2, -0.15) is 0 Å². The zero-order valence-electron chi connectivity index (χ0n) is 11.4. The summed E-state index contributed by atoms with van der Waals surface area (Å²) < 4.78 is 0. The van der Waals surface area contributed by atoms with Crippen LogP contribution < -0.4 is 16.2 Å². The van der Waals surface area contributed by atoms with Crippen molar-refractivity contribution in [3.63, 3.8) is 0 Å². The van der Waals surface area contributed by atoms with Crippen LogP contribution in [-0.4, -0.2) is 16.2 Å². The Morgan fingerprint density at radius 2 is 1.57 bits per heavy atom. The lowest BCUT2D eigenvalue weighted by atomic mass is 10.2. The molecule has 0 atom stereocenters. The van der Waals surface area contributed by atoms with Crippen molar-refractivity contribution in [2.45, 2.75) is 6.92 Å². The van der Waals surface area contributed by atoms with Crippen molar-refractivity contribution < 1.29 is 9.90 Å². The number of hydrazine groups is 1. The maximum Gasteiger partial charge on any atom is 0.335 e. The summed E-state index contributed by atoms with van der Waals surface area (Å²) >= 11 is 5.16. The molecule has 0 saturated heterocycles. The molecule has 0 aromatic heterocycles. The molecule has 0 bridgehead atoms. The zero-order valence-corrected chi connectivity index (χ0v) is 12.2. The van der Waals surface area contributed by atoms with Gasteiger partial charge in [0.15, 0.2) is 5.11 Å². The summed E-state index contributed by atoms with van der Waals surface area (Å²) in [6.45, 7) is 2.02. The van der Waals surface area contributed by atoms with Crippen LogP contribution in [0.15, 0.2) is 48.5 Å². The molecule has 0 aliphatic heterocycles. The number of benzene rings is 2. The van der Waals surface area contributed by atoms with Gasteiger partial charge in [-0.25, -0.2) is 4.79 Å². The molecular weight excluding hydrogens is 286 g/mol. The molecule has 0 amide bonds. The fraction of sp³-hybridized carbons (Fsp3) is 0.0667. The Morgan fingerprint density at radius 1 is 1.00 bits per heavy atom. The minimum atomic E-state index is -0.953. The number of carbonyl (C=O) groups is 1. The van der Waals surface area contributed by atoms with Crippen LogP contribution >= 0.6 is 12.2 Å². The highest BCUT2D eigenvalue weighted by Gasteiger charge is 2.02. The van der Waals surface area contributed by atoms with Gasteiger partial charge < -0.3 is 10.4 Å². The Morgan fingerprint density at radius 3 is 2.14 bits per heavy atom. The zero-order chi connectivity index (χ0) is 15.2. The van der Waals surface area contributed by atoms with Crippen LogP contribution in [0.25, 0.3) is 0 Å². The van der Waals surface area contributed by atoms with Crippen molar-refractivity contribution >= 4 is 34.7 Å². The first-order valence-electron chi connectivity index (χ1n) is 6.27. The number of thiocarbonyl (C=S) groups is 1. The number of carboxylic acid groups (broad SMARTS) is 1. The Balaban J connectivity index is 1.86. The quantitative estimate of drug-likeness (QED) is 0.514. The van der Waals surface area contributed by atoms with Crippen LogP contribution in [0.2, 0.25) is 0 Å². The number of nitrogens with one attached hydrogen (secondary N) is 3. The predicted molar refractivity (Wildman–Crippen MR) is 87.6 cm³/mol. The molecule has 108 valence electrons. The molecule has 0 fully saturated rings. The minimum absolute atomic E-state index is 0.237. The average molecular weight is 301 g/mol. The first-order valence-corrected chi connectivity index (χ1v) is 6.68. The summed E-state index contributed by atoms with van der Waals surface area (Å²) in [5.41, 5.74) is 8.75. The largest absolute Gasteiger partial charge is 0.478 e. The molecular formula is C15H15N3O2S. The van der Waals surface area contributed by atoms with Crippen LogP contribution in [-0.2, 0) is 0 Å². The molecule has 21 heavy (non-hydrogen) atoms. The summed E-state index contributed by atoms with van der Waals surface area (Å²) in [6, 6.07) is 14.2. The van der Waals surface area contributed by atoms with E-state index in [0.717, 1.165) is 5.69 Å². The van der Waals surface area contributed by atoms with Crippen molar-refractivity contribution in [1.29, 1.82) is 0 Å². The van der Waals surface area contributed by atoms with Crippen molar-refractivity contribution in [2.24, 2.45) is 0 Å². The Labute approximate surface area is 128 Å². The molecule has 5 nitrogen and oxygen atoms in total. The summed E-state index contributed by atoms with van der Waals surface area (Å²) in [7, 11) is 0. The predicted octanol–water partition coefficient (Wildman–Crippen LogP) is 3.01. The molecule has 0 saturated carbocycles. The lowest BCUT2D eigenvalue weighted by molar-refractivity contribution is 0.0697. The van der Waals surface area contributed by atoms with E-state index in [9.17, 15) is 4.79 Å². The van der Waals surface area contributed by atoms with E-state index in [1.165, 1.54) is 17.7 Å². The Hall–Kier alpha value is -2.60. The lowest BCUT2D eigenvalue weighted by Gasteiger charge is -2.12. The maximum absolute atomic E-state index is 10.7. The van der Waals surface area contributed by atoms with Crippen molar-refractivity contribution in [2.75, 3.05) is 10.7 Å². The molecule has 6 heteroatoms. The second-order valence-electron chi connectivity index (χ2n) is 4.45. The molecule has 0 spiro atoms. The monoisotopic (exact) mass is 301 g/mol. The first-order chi connectivity index (χ1) is 10.0. The van der Waals surface area contributed by atoms with Gasteiger partial charge in [0.25, 0.3) is 0 Å². The first kappa shape index (κ1) is 14.8. The number of anilines is 2. The highest BCUT2D eigenvalue weighted by molar-refractivity contribution is 7.80. The fourth-order valence-electron chi connectivity index (χ4n) is 1.62. The van der Waals surface area contributed by atoms with Crippen molar-refractivity contribution in [3.8, 4) is 0 Å². The van der Waals surface area contributed by atoms with Gasteiger partial charge in [-0.15, -0.1) is 0 Å². The summed E-state index contributed by atoms with van der Waals surface area (Å²) in [4.78, 5) is 10.7. The van der Waals surface area contributed by atoms with E-state index in [-0.39, 0.29) is 5.56 Å². The lowest BCUT2D eigenvalue weighted by Crippen LogP contribution is -2.33. The molecule has 0 heterocycles. The second-order valence-corrected chi connectivity index (χ2v) is 4.86. The van der Waals surface area contributed by atoms with E-state index in [1.54, 1.807) is 12.1 Å². The summed E-state index contributed by atoms with van der Waals surface area (Å²) in [6.07, 6.45) is 0. The molecule has 2 aromatic rings. The molecule has 0 aliphatic carbocycles. The van der Waals surface area contributed by atoms with Crippen LogP contribution in [0.4, 0.5) is 11.4 Å². The molecule has 0 aliphatic rings. The normalized spacial score (nSPS) is 9.76. The van der Waals surface area contributed by atoms with E-state index in [0.29, 0.717) is 10.8 Å². The average Bonchev–Trinajstić information content (AvgIpc) is 2.48. The third-order valence-corrected chi connectivity index (χ3v) is 2.97. The minimum Gasteiger partial charge on any atom is -0.478 e. The van der Waals surface area contributed by atoms with Crippen LogP contribution in [0.5, 0.6) is 0 Å². The van der Waals surface area contributed by atoms with Gasteiger partial charge in [0, 0.05) is 5.69 Å². The fourth-order valence-corrected chi connectivity index (χ4v) is 1.79. The summed E-state index contributed by atoms with van der Waals surface area (Å²) in [5, 5.41) is 12.3. The number of rotatable bonds is 4. The van der Waals surface area contributed by atoms with Crippen molar-refractivity contribution in [3.05, 3.63) is 59.7 Å². The molecule has 0 unspecified atom stereocenters. The molecule has 0 radical (unpaired) electrons. The number of aromatic carboxylic acids is 1. The van der Waals surface area contributed by atoms with Gasteiger partial charge in [-0.05, 0) is 55.5 Å². The van der Waals surface area contributed by atoms with Gasteiger partial charge in [0.2, 0.25) is 0 Å². The topological polar surface area (TPSA) is 73.4 Å². The highest BCUT2D eigenvalue weighted by atomic mass is 32.1. The van der Waals surface area contributed by atoms with E-state index in [2.05, 4.69) is 16.2 Å². The summed E-state index contributed by atoms with van der Waals surface area (Å²) in [5.74, 6) is -0.953. The van der Waals surface area contributed by atoms with Crippen LogP contribution in [0, 0.1) is 6.92 Å². The van der Waals surface area contributed by atoms with E-state index in [1.807, 2.05) is 31.2 Å². The SMILES string of the molecule is Cc1ccc(NC(=S)NNc2ccc(C(=O)O)cc2)cc1. The van der Waals surface area contributed by atoms with Crippen LogP contribution in [0.1, 0.15) is 15.9 Å². The molecule has 2 rings (SSSR count).